The molecule has 0 aliphatic carbocycles. The number of H-pyrrole nitrogens is 1. The van der Waals surface area contributed by atoms with Crippen LogP contribution in [0, 0.1) is 0 Å². The second-order valence-corrected chi connectivity index (χ2v) is 5.92. The third-order valence-electron chi connectivity index (χ3n) is 3.65. The molecule has 0 fully saturated rings. The maximum atomic E-state index is 11.5. The van der Waals surface area contributed by atoms with Crippen LogP contribution in [0.25, 0.3) is 0 Å². The molecule has 3 N–H and O–H groups in total. The summed E-state index contributed by atoms with van der Waals surface area (Å²) in [5, 5.41) is 13.0. The average Bonchev–Trinajstić information content (AvgIpc) is 2.55. The summed E-state index contributed by atoms with van der Waals surface area (Å²) in [7, 11) is 1.53. The minimum absolute atomic E-state index is 0.105. The number of benzene rings is 1. The van der Waals surface area contributed by atoms with Crippen molar-refractivity contribution in [3.63, 3.8) is 0 Å². The number of nitrogens with zero attached hydrogens (tertiary/aromatic N) is 1. The third-order valence-corrected chi connectivity index (χ3v) is 3.65. The highest BCUT2D eigenvalue weighted by atomic mass is 16.5. The molecule has 7 heteroatoms. The first-order chi connectivity index (χ1) is 11.4. The van der Waals surface area contributed by atoms with E-state index in [-0.39, 0.29) is 13.2 Å². The molecule has 2 aromatic rings. The van der Waals surface area contributed by atoms with Crippen molar-refractivity contribution in [1.29, 1.82) is 0 Å². The number of anilines is 1. The molecular weight excluding hydrogens is 310 g/mol. The molecule has 7 nitrogen and oxygen atoms in total. The van der Waals surface area contributed by atoms with Gasteiger partial charge in [-0.25, -0.2) is 4.79 Å². The Hall–Kier alpha value is -2.54. The Morgan fingerprint density at radius 3 is 2.71 bits per heavy atom. The van der Waals surface area contributed by atoms with E-state index >= 15 is 0 Å². The zero-order chi connectivity index (χ0) is 17.7. The van der Waals surface area contributed by atoms with Crippen LogP contribution in [0.1, 0.15) is 25.3 Å². The third kappa shape index (κ3) is 4.48. The van der Waals surface area contributed by atoms with Crippen molar-refractivity contribution in [3.05, 3.63) is 56.7 Å². The smallest absolute Gasteiger partial charge is 0.329 e. The summed E-state index contributed by atoms with van der Waals surface area (Å²) in [5.74, 6) is 1.41. The normalized spacial score (nSPS) is 12.2. The van der Waals surface area contributed by atoms with E-state index in [0.29, 0.717) is 11.7 Å². The molecule has 0 aliphatic heterocycles. The molecule has 0 amide bonds. The molecule has 0 radical (unpaired) electrons. The van der Waals surface area contributed by atoms with Crippen LogP contribution in [0.2, 0.25) is 0 Å². The number of para-hydroxylation sites is 1. The second kappa shape index (κ2) is 7.83. The van der Waals surface area contributed by atoms with Crippen molar-refractivity contribution in [3.8, 4) is 5.75 Å². The van der Waals surface area contributed by atoms with Crippen molar-refractivity contribution < 1.29 is 9.84 Å². The molecule has 0 aliphatic rings. The highest BCUT2D eigenvalue weighted by Crippen LogP contribution is 2.25. The van der Waals surface area contributed by atoms with Crippen molar-refractivity contribution in [1.82, 2.24) is 9.55 Å². The lowest BCUT2D eigenvalue weighted by molar-refractivity contribution is 0.116. The van der Waals surface area contributed by atoms with Gasteiger partial charge >= 0.3 is 5.69 Å². The Morgan fingerprint density at radius 2 is 2.00 bits per heavy atom. The van der Waals surface area contributed by atoms with Gasteiger partial charge in [0.25, 0.3) is 5.56 Å². The van der Waals surface area contributed by atoms with Crippen molar-refractivity contribution in [2.24, 2.45) is 7.05 Å². The predicted octanol–water partition coefficient (Wildman–Crippen LogP) is 1.05. The summed E-state index contributed by atoms with van der Waals surface area (Å²) in [6.45, 7) is 4.41. The van der Waals surface area contributed by atoms with Crippen LogP contribution in [0.3, 0.4) is 0 Å². The monoisotopic (exact) mass is 333 g/mol. The number of aliphatic hydroxyl groups is 1. The van der Waals surface area contributed by atoms with Crippen LogP contribution in [-0.2, 0) is 7.05 Å². The Balaban J connectivity index is 1.94. The van der Waals surface area contributed by atoms with Crippen LogP contribution in [-0.4, -0.2) is 33.9 Å². The summed E-state index contributed by atoms with van der Waals surface area (Å²) in [6, 6.07) is 8.97. The summed E-state index contributed by atoms with van der Waals surface area (Å²) < 4.78 is 6.97. The Kier molecular flexibility index (Phi) is 5.81. The first-order valence-corrected chi connectivity index (χ1v) is 7.82. The standard InChI is InChI=1S/C17H23N3O4/c1-11(2)13-6-4-5-7-14(13)24-10-12(21)9-18-15-8-16(22)19-17(23)20(15)3/h4-8,11-12,18,21H,9-10H2,1-3H3,(H,19,22,23). The summed E-state index contributed by atoms with van der Waals surface area (Å²) in [5.41, 5.74) is 0.0773. The van der Waals surface area contributed by atoms with E-state index in [1.54, 1.807) is 0 Å². The molecular formula is C17H23N3O4. The van der Waals surface area contributed by atoms with Gasteiger partial charge < -0.3 is 15.2 Å². The number of hydrogen-bond donors (Lipinski definition) is 3. The van der Waals surface area contributed by atoms with Gasteiger partial charge in [-0.2, -0.15) is 0 Å². The molecule has 0 bridgehead atoms. The zero-order valence-electron chi connectivity index (χ0n) is 14.1. The van der Waals surface area contributed by atoms with Gasteiger partial charge in [0.15, 0.2) is 0 Å². The van der Waals surface area contributed by atoms with Crippen LogP contribution < -0.4 is 21.3 Å². The maximum absolute atomic E-state index is 11.5. The number of aliphatic hydroxyl groups excluding tert-OH is 1. The number of aromatic amines is 1. The molecule has 1 aromatic carbocycles. The Labute approximate surface area is 139 Å². The van der Waals surface area contributed by atoms with Gasteiger partial charge in [0.2, 0.25) is 0 Å². The number of hydrogen-bond acceptors (Lipinski definition) is 5. The van der Waals surface area contributed by atoms with Crippen molar-refractivity contribution >= 4 is 5.82 Å². The van der Waals surface area contributed by atoms with Gasteiger partial charge in [0, 0.05) is 19.7 Å². The number of ether oxygens (including phenoxy) is 1. The van der Waals surface area contributed by atoms with E-state index < -0.39 is 17.4 Å². The maximum Gasteiger partial charge on any atom is 0.329 e. The minimum Gasteiger partial charge on any atom is -0.491 e. The van der Waals surface area contributed by atoms with Crippen molar-refractivity contribution in [2.45, 2.75) is 25.9 Å². The predicted molar refractivity (Wildman–Crippen MR) is 92.8 cm³/mol. The first kappa shape index (κ1) is 17.8. The topological polar surface area (TPSA) is 96.3 Å². The molecule has 1 atom stereocenters. The van der Waals surface area contributed by atoms with E-state index in [2.05, 4.69) is 24.1 Å². The fourth-order valence-corrected chi connectivity index (χ4v) is 2.28. The summed E-state index contributed by atoms with van der Waals surface area (Å²) in [6.07, 6.45) is -0.792. The van der Waals surface area contributed by atoms with Gasteiger partial charge in [0.05, 0.1) is 0 Å². The molecule has 2 rings (SSSR count). The first-order valence-electron chi connectivity index (χ1n) is 7.82. The Morgan fingerprint density at radius 1 is 1.29 bits per heavy atom. The second-order valence-electron chi connectivity index (χ2n) is 5.92. The van der Waals surface area contributed by atoms with E-state index in [1.165, 1.54) is 17.7 Å². The average molecular weight is 333 g/mol. The molecule has 24 heavy (non-hydrogen) atoms. The number of aromatic nitrogens is 2. The van der Waals surface area contributed by atoms with Gasteiger partial charge in [0.1, 0.15) is 24.3 Å². The van der Waals surface area contributed by atoms with Crippen LogP contribution in [0.5, 0.6) is 5.75 Å². The zero-order valence-corrected chi connectivity index (χ0v) is 14.1. The molecule has 0 saturated heterocycles. The largest absolute Gasteiger partial charge is 0.491 e. The fraction of sp³-hybridized carbons (Fsp3) is 0.412. The SMILES string of the molecule is CC(C)c1ccccc1OCC(O)CNc1cc(=O)[nH]c(=O)n1C. The van der Waals surface area contributed by atoms with Crippen molar-refractivity contribution in [2.75, 3.05) is 18.5 Å². The molecule has 1 unspecified atom stereocenters. The van der Waals surface area contributed by atoms with Crippen LogP contribution in [0.15, 0.2) is 39.9 Å². The lowest BCUT2D eigenvalue weighted by Crippen LogP contribution is -2.32. The quantitative estimate of drug-likeness (QED) is 0.704. The van der Waals surface area contributed by atoms with E-state index in [4.69, 9.17) is 4.74 Å². The molecule has 0 saturated carbocycles. The van der Waals surface area contributed by atoms with Gasteiger partial charge in [-0.1, -0.05) is 32.0 Å². The highest BCUT2D eigenvalue weighted by Gasteiger charge is 2.11. The highest BCUT2D eigenvalue weighted by molar-refractivity contribution is 5.36. The van der Waals surface area contributed by atoms with Crippen LogP contribution >= 0.6 is 0 Å². The number of nitrogens with one attached hydrogen (secondary N) is 2. The number of rotatable bonds is 7. The van der Waals surface area contributed by atoms with E-state index in [9.17, 15) is 14.7 Å². The van der Waals surface area contributed by atoms with Gasteiger partial charge in [-0.3, -0.25) is 14.3 Å². The van der Waals surface area contributed by atoms with Crippen LogP contribution in [0.4, 0.5) is 5.82 Å². The summed E-state index contributed by atoms with van der Waals surface area (Å²) >= 11 is 0. The fourth-order valence-electron chi connectivity index (χ4n) is 2.28. The molecule has 0 spiro atoms. The van der Waals surface area contributed by atoms with E-state index in [1.807, 2.05) is 24.3 Å². The summed E-state index contributed by atoms with van der Waals surface area (Å²) in [4.78, 5) is 25.0. The lowest BCUT2D eigenvalue weighted by Gasteiger charge is -2.17. The molecule has 1 heterocycles. The molecule has 1 aromatic heterocycles. The minimum atomic E-state index is -0.792. The lowest BCUT2D eigenvalue weighted by atomic mass is 10.0. The Bertz CT molecular complexity index is 795. The van der Waals surface area contributed by atoms with Gasteiger partial charge in [-0.05, 0) is 17.5 Å². The van der Waals surface area contributed by atoms with Gasteiger partial charge in [-0.15, -0.1) is 0 Å². The molecule has 130 valence electrons. The van der Waals surface area contributed by atoms with E-state index in [0.717, 1.165) is 11.3 Å².